The molecule has 0 spiro atoms. The second-order valence-electron chi connectivity index (χ2n) is 21.7. The highest BCUT2D eigenvalue weighted by Crippen LogP contribution is 2.45. The number of aliphatic hydroxyl groups is 1. The van der Waals surface area contributed by atoms with E-state index in [0.29, 0.717) is 25.7 Å². The predicted molar refractivity (Wildman–Crippen MR) is 312 cm³/mol. The summed E-state index contributed by atoms with van der Waals surface area (Å²) < 4.78 is 67.6. The van der Waals surface area contributed by atoms with Crippen LogP contribution in [0.25, 0.3) is 0 Å². The third-order valence-electron chi connectivity index (χ3n) is 13.9. The third-order valence-corrected chi connectivity index (χ3v) is 15.8. The first-order valence-corrected chi connectivity index (χ1v) is 34.8. The molecule has 0 aromatic rings. The molecule has 0 aliphatic rings. The van der Waals surface area contributed by atoms with Crippen molar-refractivity contribution in [1.82, 2.24) is 0 Å². The minimum atomic E-state index is -4.93. The van der Waals surface area contributed by atoms with Crippen LogP contribution in [0.3, 0.4) is 0 Å². The summed E-state index contributed by atoms with van der Waals surface area (Å²) in [6.07, 6.45) is 39.1. The molecule has 17 nitrogen and oxygen atoms in total. The number of phosphoric acid groups is 2. The third kappa shape index (κ3) is 55.0. The van der Waals surface area contributed by atoms with Crippen LogP contribution in [0.5, 0.6) is 0 Å². The Labute approximate surface area is 479 Å². The quantitative estimate of drug-likeness (QED) is 0.0222. The number of phosphoric ester groups is 2. The van der Waals surface area contributed by atoms with Crippen LogP contribution in [0.4, 0.5) is 0 Å². The van der Waals surface area contributed by atoms with Crippen molar-refractivity contribution in [2.45, 2.75) is 322 Å². The fraction of sp³-hybridized carbons (Fsp3) is 0.933. The van der Waals surface area contributed by atoms with Gasteiger partial charge in [-0.1, -0.05) is 252 Å². The molecule has 0 aliphatic carbocycles. The van der Waals surface area contributed by atoms with Gasteiger partial charge in [0.2, 0.25) is 0 Å². The van der Waals surface area contributed by atoms with E-state index < -0.39 is 97.5 Å². The lowest BCUT2D eigenvalue weighted by atomic mass is 10.0. The molecule has 468 valence electrons. The van der Waals surface area contributed by atoms with E-state index in [2.05, 4.69) is 27.7 Å². The van der Waals surface area contributed by atoms with E-state index in [1.165, 1.54) is 116 Å². The lowest BCUT2D eigenvalue weighted by Gasteiger charge is -2.21. The molecule has 0 saturated carbocycles. The smallest absolute Gasteiger partial charge is 0.462 e. The van der Waals surface area contributed by atoms with Gasteiger partial charge in [0.05, 0.1) is 26.4 Å². The minimum Gasteiger partial charge on any atom is -0.462 e. The van der Waals surface area contributed by atoms with Gasteiger partial charge in [-0.3, -0.25) is 37.3 Å². The molecular weight excluding hydrogens is 1050 g/mol. The number of carbonyl (C=O) groups is 4. The molecule has 0 aromatic heterocycles. The van der Waals surface area contributed by atoms with Crippen LogP contribution in [0.2, 0.25) is 0 Å². The molecule has 79 heavy (non-hydrogen) atoms. The van der Waals surface area contributed by atoms with Crippen molar-refractivity contribution in [2.75, 3.05) is 39.6 Å². The normalized spacial score (nSPS) is 14.3. The van der Waals surface area contributed by atoms with E-state index in [4.69, 9.17) is 37.0 Å². The molecule has 0 rings (SSSR count). The van der Waals surface area contributed by atoms with Gasteiger partial charge < -0.3 is 33.8 Å². The number of unbranched alkanes of at least 4 members (excludes halogenated alkanes) is 35. The molecule has 0 fully saturated rings. The lowest BCUT2D eigenvalue weighted by molar-refractivity contribution is -0.161. The Morgan fingerprint density at radius 1 is 0.304 bits per heavy atom. The summed E-state index contributed by atoms with van der Waals surface area (Å²) in [6, 6.07) is 0. The molecule has 0 radical (unpaired) electrons. The van der Waals surface area contributed by atoms with E-state index in [1.54, 1.807) is 0 Å². The molecule has 2 unspecified atom stereocenters. The van der Waals surface area contributed by atoms with Crippen LogP contribution in [0, 0.1) is 0 Å². The summed E-state index contributed by atoms with van der Waals surface area (Å²) in [4.78, 5) is 71.8. The Morgan fingerprint density at radius 2 is 0.506 bits per heavy atom. The Bertz CT molecular complexity index is 1540. The molecule has 0 aromatic carbocycles. The number of esters is 4. The SMILES string of the molecule is CCCCCCCCCCCCCCCCCC(=O)O[C@H](COC(=O)CCCCCCCC)COP(=O)(O)OC[C@@H](O)COP(=O)(O)OC[C@@H](COC(=O)CCCCCCCCCC)OC(=O)CCCCCCCCCCCC. The number of aliphatic hydroxyl groups excluding tert-OH is 1. The lowest BCUT2D eigenvalue weighted by Crippen LogP contribution is -2.30. The number of carbonyl (C=O) groups excluding carboxylic acids is 4. The Balaban J connectivity index is 5.14. The number of hydrogen-bond donors (Lipinski definition) is 3. The maximum Gasteiger partial charge on any atom is 0.472 e. The van der Waals surface area contributed by atoms with Gasteiger partial charge in [-0.15, -0.1) is 0 Å². The van der Waals surface area contributed by atoms with Crippen LogP contribution in [0.1, 0.15) is 304 Å². The van der Waals surface area contributed by atoms with Gasteiger partial charge in [-0.05, 0) is 25.7 Å². The molecule has 0 heterocycles. The highest BCUT2D eigenvalue weighted by atomic mass is 31.2. The first-order chi connectivity index (χ1) is 38.2. The Morgan fingerprint density at radius 3 is 0.747 bits per heavy atom. The highest BCUT2D eigenvalue weighted by molar-refractivity contribution is 7.47. The number of hydrogen-bond acceptors (Lipinski definition) is 15. The van der Waals surface area contributed by atoms with E-state index in [1.807, 2.05) is 0 Å². The van der Waals surface area contributed by atoms with Crippen LogP contribution in [-0.4, -0.2) is 96.7 Å². The molecular formula is C60H116O17P2. The van der Waals surface area contributed by atoms with Crippen molar-refractivity contribution >= 4 is 39.5 Å². The van der Waals surface area contributed by atoms with Gasteiger partial charge in [0.25, 0.3) is 0 Å². The summed E-state index contributed by atoms with van der Waals surface area (Å²) in [5, 5.41) is 10.5. The zero-order valence-corrected chi connectivity index (χ0v) is 52.1. The monoisotopic (exact) mass is 1170 g/mol. The second kappa shape index (κ2) is 55.3. The summed E-state index contributed by atoms with van der Waals surface area (Å²) in [5.74, 6) is -2.15. The molecule has 5 atom stereocenters. The molecule has 0 bridgehead atoms. The molecule has 0 saturated heterocycles. The first kappa shape index (κ1) is 77.1. The average Bonchev–Trinajstić information content (AvgIpc) is 3.42. The number of rotatable bonds is 61. The predicted octanol–water partition coefficient (Wildman–Crippen LogP) is 16.4. The standard InChI is InChI=1S/C60H116O17P2/c1-5-9-13-17-21-24-26-27-28-29-30-32-35-39-43-47-60(65)76-55(50-70-57(62)44-40-36-20-16-12-8-4)52-74-78(66,67)72-48-54(61)49-73-79(68,69)75-53-56(51-71-58(63)45-41-37-33-23-19-15-11-7-3)77-59(64)46-42-38-34-31-25-22-18-14-10-6-2/h54-56,61H,5-53H2,1-4H3,(H,66,67)(H,68,69)/t54-,55-,56-/m1/s1. The van der Waals surface area contributed by atoms with Gasteiger partial charge in [0.15, 0.2) is 12.2 Å². The van der Waals surface area contributed by atoms with Crippen molar-refractivity contribution in [1.29, 1.82) is 0 Å². The zero-order chi connectivity index (χ0) is 58.3. The van der Waals surface area contributed by atoms with Crippen molar-refractivity contribution in [2.24, 2.45) is 0 Å². The van der Waals surface area contributed by atoms with Gasteiger partial charge in [-0.2, -0.15) is 0 Å². The Kier molecular flexibility index (Phi) is 53.9. The summed E-state index contributed by atoms with van der Waals surface area (Å²) in [7, 11) is -9.87. The zero-order valence-electron chi connectivity index (χ0n) is 50.3. The highest BCUT2D eigenvalue weighted by Gasteiger charge is 2.30. The fourth-order valence-corrected chi connectivity index (χ4v) is 10.5. The van der Waals surface area contributed by atoms with Gasteiger partial charge >= 0.3 is 39.5 Å². The summed E-state index contributed by atoms with van der Waals surface area (Å²) in [6.45, 7) is 4.78. The summed E-state index contributed by atoms with van der Waals surface area (Å²) in [5.41, 5.74) is 0. The van der Waals surface area contributed by atoms with Crippen LogP contribution < -0.4 is 0 Å². The minimum absolute atomic E-state index is 0.106. The molecule has 19 heteroatoms. The molecule has 0 aliphatic heterocycles. The van der Waals surface area contributed by atoms with Gasteiger partial charge in [-0.25, -0.2) is 9.13 Å². The second-order valence-corrected chi connectivity index (χ2v) is 24.6. The van der Waals surface area contributed by atoms with Crippen LogP contribution >= 0.6 is 15.6 Å². The van der Waals surface area contributed by atoms with Crippen molar-refractivity contribution in [3.05, 3.63) is 0 Å². The molecule has 3 N–H and O–H groups in total. The molecule has 0 amide bonds. The maximum absolute atomic E-state index is 12.9. The van der Waals surface area contributed by atoms with Gasteiger partial charge in [0, 0.05) is 25.7 Å². The van der Waals surface area contributed by atoms with E-state index in [0.717, 1.165) is 109 Å². The topological polar surface area (TPSA) is 237 Å². The van der Waals surface area contributed by atoms with E-state index in [9.17, 15) is 43.2 Å². The van der Waals surface area contributed by atoms with Crippen molar-refractivity contribution < 1.29 is 80.2 Å². The number of ether oxygens (including phenoxy) is 4. The van der Waals surface area contributed by atoms with E-state index in [-0.39, 0.29) is 25.7 Å². The fourth-order valence-electron chi connectivity index (χ4n) is 8.93. The van der Waals surface area contributed by atoms with Crippen LogP contribution in [0.15, 0.2) is 0 Å². The van der Waals surface area contributed by atoms with Gasteiger partial charge in [0.1, 0.15) is 19.3 Å². The van der Waals surface area contributed by atoms with Crippen molar-refractivity contribution in [3.8, 4) is 0 Å². The van der Waals surface area contributed by atoms with Crippen LogP contribution in [-0.2, 0) is 65.4 Å². The largest absolute Gasteiger partial charge is 0.472 e. The van der Waals surface area contributed by atoms with E-state index >= 15 is 0 Å². The Hall–Kier alpha value is -1.94. The average molecular weight is 1170 g/mol. The summed E-state index contributed by atoms with van der Waals surface area (Å²) >= 11 is 0. The first-order valence-electron chi connectivity index (χ1n) is 31.8. The van der Waals surface area contributed by atoms with Crippen molar-refractivity contribution in [3.63, 3.8) is 0 Å². The maximum atomic E-state index is 12.9.